The Morgan fingerprint density at radius 3 is 2.62 bits per heavy atom. The van der Waals surface area contributed by atoms with E-state index >= 15 is 0 Å². The standard InChI is InChI=1S/C16H13F3N4O/c17-16(18,19)10-3-5-11(6-4-10)22-9-12-8-21-15(24)23(12)14-13(22)2-1-7-20-14/h1-7,12H,8-9H2,(H,21,24). The molecule has 2 amide bonds. The van der Waals surface area contributed by atoms with Crippen LogP contribution in [-0.2, 0) is 6.18 Å². The molecule has 0 spiro atoms. The summed E-state index contributed by atoms with van der Waals surface area (Å²) in [5, 5.41) is 2.78. The maximum atomic E-state index is 12.7. The predicted molar refractivity (Wildman–Crippen MR) is 82.4 cm³/mol. The third-order valence-electron chi connectivity index (χ3n) is 4.26. The van der Waals surface area contributed by atoms with Gasteiger partial charge in [-0.25, -0.2) is 9.78 Å². The number of pyridine rings is 1. The summed E-state index contributed by atoms with van der Waals surface area (Å²) in [4.78, 5) is 19.8. The molecule has 5 nitrogen and oxygen atoms in total. The molecule has 4 rings (SSSR count). The molecule has 1 unspecified atom stereocenters. The third-order valence-corrected chi connectivity index (χ3v) is 4.26. The van der Waals surface area contributed by atoms with Crippen LogP contribution in [0.25, 0.3) is 0 Å². The Hall–Kier alpha value is -2.77. The number of carbonyl (C=O) groups excluding carboxylic acids is 1. The van der Waals surface area contributed by atoms with Crippen molar-refractivity contribution in [2.24, 2.45) is 0 Å². The Kier molecular flexibility index (Phi) is 3.16. The van der Waals surface area contributed by atoms with E-state index < -0.39 is 11.7 Å². The molecule has 2 aromatic rings. The summed E-state index contributed by atoms with van der Waals surface area (Å²) in [7, 11) is 0. The summed E-state index contributed by atoms with van der Waals surface area (Å²) in [6.07, 6.45) is -2.77. The van der Waals surface area contributed by atoms with E-state index in [1.54, 1.807) is 17.2 Å². The first-order valence-electron chi connectivity index (χ1n) is 7.42. The van der Waals surface area contributed by atoms with E-state index in [2.05, 4.69) is 10.3 Å². The smallest absolute Gasteiger partial charge is 0.336 e. The van der Waals surface area contributed by atoms with Crippen LogP contribution < -0.4 is 15.1 Å². The molecule has 1 saturated heterocycles. The van der Waals surface area contributed by atoms with Gasteiger partial charge in [0.15, 0.2) is 5.82 Å². The second-order valence-electron chi connectivity index (χ2n) is 5.71. The van der Waals surface area contributed by atoms with E-state index in [9.17, 15) is 18.0 Å². The van der Waals surface area contributed by atoms with Crippen molar-refractivity contribution in [2.75, 3.05) is 22.9 Å². The minimum Gasteiger partial charge on any atom is -0.336 e. The molecule has 8 heteroatoms. The van der Waals surface area contributed by atoms with Crippen LogP contribution in [0, 0.1) is 0 Å². The zero-order chi connectivity index (χ0) is 16.9. The number of benzene rings is 1. The number of halogens is 3. The second-order valence-corrected chi connectivity index (χ2v) is 5.71. The van der Waals surface area contributed by atoms with E-state index in [1.165, 1.54) is 12.1 Å². The second kappa shape index (κ2) is 5.12. The van der Waals surface area contributed by atoms with Crippen LogP contribution in [0.3, 0.4) is 0 Å². The monoisotopic (exact) mass is 334 g/mol. The van der Waals surface area contributed by atoms with E-state index in [4.69, 9.17) is 0 Å². The summed E-state index contributed by atoms with van der Waals surface area (Å²) in [5.74, 6) is 0.517. The Bertz CT molecular complexity index is 791. The summed E-state index contributed by atoms with van der Waals surface area (Å²) in [6.45, 7) is 0.967. The van der Waals surface area contributed by atoms with Crippen molar-refractivity contribution in [2.45, 2.75) is 12.2 Å². The molecule has 1 fully saturated rings. The molecule has 24 heavy (non-hydrogen) atoms. The first-order valence-corrected chi connectivity index (χ1v) is 7.42. The average molecular weight is 334 g/mol. The molecular weight excluding hydrogens is 321 g/mol. The Balaban J connectivity index is 1.75. The summed E-state index contributed by atoms with van der Waals surface area (Å²) >= 11 is 0. The number of anilines is 3. The molecular formula is C16H13F3N4O. The van der Waals surface area contributed by atoms with Gasteiger partial charge in [-0.3, -0.25) is 4.90 Å². The van der Waals surface area contributed by atoms with Crippen LogP contribution in [0.15, 0.2) is 42.6 Å². The lowest BCUT2D eigenvalue weighted by Gasteiger charge is -2.38. The van der Waals surface area contributed by atoms with Crippen LogP contribution in [0.5, 0.6) is 0 Å². The highest BCUT2D eigenvalue weighted by Gasteiger charge is 2.40. The normalized spacial score (nSPS) is 19.8. The number of rotatable bonds is 1. The summed E-state index contributed by atoms with van der Waals surface area (Å²) in [5.41, 5.74) is 0.649. The molecule has 124 valence electrons. The van der Waals surface area contributed by atoms with Crippen molar-refractivity contribution < 1.29 is 18.0 Å². The van der Waals surface area contributed by atoms with Crippen LogP contribution in [-0.4, -0.2) is 30.1 Å². The van der Waals surface area contributed by atoms with E-state index in [0.717, 1.165) is 12.1 Å². The molecule has 1 N–H and O–H groups in total. The average Bonchev–Trinajstić information content (AvgIpc) is 2.95. The number of nitrogens with zero attached hydrogens (tertiary/aromatic N) is 3. The first-order chi connectivity index (χ1) is 11.4. The maximum absolute atomic E-state index is 12.7. The fourth-order valence-corrected chi connectivity index (χ4v) is 3.13. The number of alkyl halides is 3. The van der Waals surface area contributed by atoms with Gasteiger partial charge >= 0.3 is 12.2 Å². The van der Waals surface area contributed by atoms with Crippen molar-refractivity contribution >= 4 is 23.2 Å². The zero-order valence-corrected chi connectivity index (χ0v) is 12.4. The number of carbonyl (C=O) groups is 1. The number of hydrogen-bond donors (Lipinski definition) is 1. The molecule has 0 saturated carbocycles. The van der Waals surface area contributed by atoms with E-state index in [-0.39, 0.29) is 12.1 Å². The van der Waals surface area contributed by atoms with Crippen molar-refractivity contribution in [3.63, 3.8) is 0 Å². The topological polar surface area (TPSA) is 48.5 Å². The number of amides is 2. The van der Waals surface area contributed by atoms with Gasteiger partial charge in [-0.05, 0) is 36.4 Å². The number of aromatic nitrogens is 1. The number of hydrogen-bond acceptors (Lipinski definition) is 3. The van der Waals surface area contributed by atoms with Crippen molar-refractivity contribution in [3.05, 3.63) is 48.2 Å². The maximum Gasteiger partial charge on any atom is 0.416 e. The van der Waals surface area contributed by atoms with Crippen LogP contribution in [0.4, 0.5) is 35.2 Å². The molecule has 0 aliphatic carbocycles. The van der Waals surface area contributed by atoms with Gasteiger partial charge in [0.1, 0.15) is 0 Å². The quantitative estimate of drug-likeness (QED) is 0.872. The SMILES string of the molecule is O=C1NCC2CN(c3ccc(C(F)(F)F)cc3)c3cccnc3N12. The van der Waals surface area contributed by atoms with Gasteiger partial charge in [-0.2, -0.15) is 13.2 Å². The fraction of sp³-hybridized carbons (Fsp3) is 0.250. The minimum absolute atomic E-state index is 0.109. The number of nitrogens with one attached hydrogen (secondary N) is 1. The van der Waals surface area contributed by atoms with Gasteiger partial charge in [0.05, 0.1) is 17.3 Å². The number of fused-ring (bicyclic) bond motifs is 3. The summed E-state index contributed by atoms with van der Waals surface area (Å²) in [6, 6.07) is 8.26. The minimum atomic E-state index is -4.36. The molecule has 1 atom stereocenters. The van der Waals surface area contributed by atoms with Crippen LogP contribution in [0.2, 0.25) is 0 Å². The third kappa shape index (κ3) is 2.26. The molecule has 1 aromatic carbocycles. The molecule has 2 aliphatic heterocycles. The van der Waals surface area contributed by atoms with Gasteiger partial charge in [-0.1, -0.05) is 0 Å². The Morgan fingerprint density at radius 2 is 1.92 bits per heavy atom. The van der Waals surface area contributed by atoms with Gasteiger partial charge in [0.2, 0.25) is 0 Å². The highest BCUT2D eigenvalue weighted by Crippen LogP contribution is 2.40. The van der Waals surface area contributed by atoms with Gasteiger partial charge in [0.25, 0.3) is 0 Å². The largest absolute Gasteiger partial charge is 0.416 e. The van der Waals surface area contributed by atoms with Crippen LogP contribution >= 0.6 is 0 Å². The van der Waals surface area contributed by atoms with Crippen molar-refractivity contribution in [1.82, 2.24) is 10.3 Å². The lowest BCUT2D eigenvalue weighted by atomic mass is 10.1. The molecule has 3 heterocycles. The molecule has 0 radical (unpaired) electrons. The van der Waals surface area contributed by atoms with Crippen molar-refractivity contribution in [1.29, 1.82) is 0 Å². The lowest BCUT2D eigenvalue weighted by Crippen LogP contribution is -2.46. The highest BCUT2D eigenvalue weighted by atomic mass is 19.4. The Morgan fingerprint density at radius 1 is 1.17 bits per heavy atom. The molecule has 0 bridgehead atoms. The fourth-order valence-electron chi connectivity index (χ4n) is 3.13. The molecule has 2 aliphatic rings. The highest BCUT2D eigenvalue weighted by molar-refractivity contribution is 5.99. The van der Waals surface area contributed by atoms with E-state index in [0.29, 0.717) is 30.3 Å². The van der Waals surface area contributed by atoms with Gasteiger partial charge < -0.3 is 10.2 Å². The lowest BCUT2D eigenvalue weighted by molar-refractivity contribution is -0.137. The predicted octanol–water partition coefficient (Wildman–Crippen LogP) is 3.15. The van der Waals surface area contributed by atoms with Crippen LogP contribution in [0.1, 0.15) is 5.56 Å². The summed E-state index contributed by atoms with van der Waals surface area (Å²) < 4.78 is 38.2. The first kappa shape index (κ1) is 14.8. The molecule has 1 aromatic heterocycles. The van der Waals surface area contributed by atoms with Crippen molar-refractivity contribution in [3.8, 4) is 0 Å². The zero-order valence-electron chi connectivity index (χ0n) is 12.4. The Labute approximate surface area is 135 Å². The van der Waals surface area contributed by atoms with Gasteiger partial charge in [0, 0.05) is 25.0 Å². The van der Waals surface area contributed by atoms with Gasteiger partial charge in [-0.15, -0.1) is 0 Å². The number of urea groups is 1. The van der Waals surface area contributed by atoms with E-state index in [1.807, 2.05) is 11.0 Å².